The number of rotatable bonds is 9. The van der Waals surface area contributed by atoms with Crippen LogP contribution in [0.25, 0.3) is 0 Å². The van der Waals surface area contributed by atoms with Crippen LogP contribution in [-0.4, -0.2) is 53.3 Å². The van der Waals surface area contributed by atoms with E-state index in [0.29, 0.717) is 17.7 Å². The molecule has 0 aromatic heterocycles. The summed E-state index contributed by atoms with van der Waals surface area (Å²) < 4.78 is 5.41. The van der Waals surface area contributed by atoms with Crippen molar-refractivity contribution in [3.8, 4) is 11.8 Å². The summed E-state index contributed by atoms with van der Waals surface area (Å²) in [7, 11) is 0. The van der Waals surface area contributed by atoms with E-state index in [1.165, 1.54) is 0 Å². The van der Waals surface area contributed by atoms with Crippen LogP contribution in [0.4, 0.5) is 0 Å². The average molecular weight is 294 g/mol. The summed E-state index contributed by atoms with van der Waals surface area (Å²) in [6.07, 6.45) is -0.229. The molecule has 0 aliphatic heterocycles. The predicted octanol–water partition coefficient (Wildman–Crippen LogP) is 0.0210. The third kappa shape index (κ3) is 5.33. The molecule has 0 heterocycles. The zero-order valence-corrected chi connectivity index (χ0v) is 12.1. The fourth-order valence-electron chi connectivity index (χ4n) is 1.72. The number of hydrogen-bond donors (Lipinski definition) is 4. The van der Waals surface area contributed by atoms with Gasteiger partial charge in [0.2, 0.25) is 0 Å². The average Bonchev–Trinajstić information content (AvgIpc) is 2.55. The summed E-state index contributed by atoms with van der Waals surface area (Å²) in [4.78, 5) is 0. The molecule has 0 bridgehead atoms. The maximum absolute atomic E-state index is 9.86. The number of nitrogens with zero attached hydrogens (tertiary/aromatic N) is 1. The number of nitrogens with one attached hydrogen (secondary N) is 1. The standard InChI is InChI=1S/C15H22N2O4/c1-2-15(10-18,11-19)17-8-13(20)9-21-14-5-3-12(7-16)4-6-14/h3-6,13,17-20H,2,8-11H2,1H3. The molecule has 0 aliphatic rings. The minimum atomic E-state index is -0.782. The highest BCUT2D eigenvalue weighted by molar-refractivity contribution is 5.34. The first-order valence-electron chi connectivity index (χ1n) is 6.87. The molecular weight excluding hydrogens is 272 g/mol. The van der Waals surface area contributed by atoms with E-state index >= 15 is 0 Å². The summed E-state index contributed by atoms with van der Waals surface area (Å²) in [5, 5.41) is 40.1. The van der Waals surface area contributed by atoms with Gasteiger partial charge in [-0.2, -0.15) is 5.26 Å². The van der Waals surface area contributed by atoms with Crippen molar-refractivity contribution in [2.24, 2.45) is 0 Å². The summed E-state index contributed by atoms with van der Waals surface area (Å²) in [6.45, 7) is 1.71. The lowest BCUT2D eigenvalue weighted by Crippen LogP contribution is -2.54. The monoisotopic (exact) mass is 294 g/mol. The predicted molar refractivity (Wildman–Crippen MR) is 77.9 cm³/mol. The van der Waals surface area contributed by atoms with E-state index in [1.54, 1.807) is 24.3 Å². The molecule has 0 saturated carbocycles. The second-order valence-corrected chi connectivity index (χ2v) is 4.93. The van der Waals surface area contributed by atoms with E-state index in [2.05, 4.69) is 5.32 Å². The number of hydrogen-bond acceptors (Lipinski definition) is 6. The number of aliphatic hydroxyl groups is 3. The van der Waals surface area contributed by atoms with E-state index < -0.39 is 11.6 Å². The van der Waals surface area contributed by atoms with Crippen molar-refractivity contribution in [1.29, 1.82) is 5.26 Å². The Kier molecular flexibility index (Phi) is 7.12. The van der Waals surface area contributed by atoms with Gasteiger partial charge in [-0.15, -0.1) is 0 Å². The van der Waals surface area contributed by atoms with Gasteiger partial charge in [-0.1, -0.05) is 6.92 Å². The van der Waals surface area contributed by atoms with Crippen LogP contribution in [0.1, 0.15) is 18.9 Å². The summed E-state index contributed by atoms with van der Waals surface area (Å²) >= 11 is 0. The highest BCUT2D eigenvalue weighted by atomic mass is 16.5. The van der Waals surface area contributed by atoms with Crippen molar-refractivity contribution in [3.63, 3.8) is 0 Å². The molecule has 1 unspecified atom stereocenters. The van der Waals surface area contributed by atoms with Gasteiger partial charge < -0.3 is 25.4 Å². The normalized spacial score (nSPS) is 12.7. The maximum Gasteiger partial charge on any atom is 0.119 e. The van der Waals surface area contributed by atoms with Crippen molar-refractivity contribution in [2.45, 2.75) is 25.0 Å². The second kappa shape index (κ2) is 8.60. The maximum atomic E-state index is 9.86. The molecule has 116 valence electrons. The first-order chi connectivity index (χ1) is 10.1. The highest BCUT2D eigenvalue weighted by Crippen LogP contribution is 2.12. The fraction of sp³-hybridized carbons (Fsp3) is 0.533. The number of benzene rings is 1. The largest absolute Gasteiger partial charge is 0.491 e. The molecule has 6 heteroatoms. The van der Waals surface area contributed by atoms with Crippen LogP contribution in [0.15, 0.2) is 24.3 Å². The lowest BCUT2D eigenvalue weighted by molar-refractivity contribution is 0.0568. The molecule has 0 spiro atoms. The van der Waals surface area contributed by atoms with E-state index in [4.69, 9.17) is 10.00 Å². The minimum Gasteiger partial charge on any atom is -0.491 e. The van der Waals surface area contributed by atoms with Gasteiger partial charge in [0, 0.05) is 6.54 Å². The molecule has 0 aliphatic carbocycles. The van der Waals surface area contributed by atoms with Crippen molar-refractivity contribution in [1.82, 2.24) is 5.32 Å². The Bertz CT molecular complexity index is 443. The van der Waals surface area contributed by atoms with E-state index in [0.717, 1.165) is 0 Å². The third-order valence-corrected chi connectivity index (χ3v) is 3.42. The Morgan fingerprint density at radius 1 is 1.29 bits per heavy atom. The first-order valence-corrected chi connectivity index (χ1v) is 6.87. The number of ether oxygens (including phenoxy) is 1. The molecule has 0 amide bonds. The molecule has 0 radical (unpaired) electrons. The Hall–Kier alpha value is -1.65. The van der Waals surface area contributed by atoms with Crippen molar-refractivity contribution >= 4 is 0 Å². The molecular formula is C15H22N2O4. The van der Waals surface area contributed by atoms with Gasteiger partial charge in [0.25, 0.3) is 0 Å². The molecule has 0 saturated heterocycles. The van der Waals surface area contributed by atoms with Crippen molar-refractivity contribution < 1.29 is 20.1 Å². The van der Waals surface area contributed by atoms with Crippen LogP contribution in [-0.2, 0) is 0 Å². The van der Waals surface area contributed by atoms with Gasteiger partial charge in [-0.3, -0.25) is 0 Å². The Morgan fingerprint density at radius 3 is 2.38 bits per heavy atom. The van der Waals surface area contributed by atoms with Crippen molar-refractivity contribution in [3.05, 3.63) is 29.8 Å². The lowest BCUT2D eigenvalue weighted by Gasteiger charge is -2.30. The summed E-state index contributed by atoms with van der Waals surface area (Å²) in [5.74, 6) is 0.569. The van der Waals surface area contributed by atoms with E-state index in [1.807, 2.05) is 13.0 Å². The van der Waals surface area contributed by atoms with Gasteiger partial charge in [0.1, 0.15) is 18.5 Å². The first kappa shape index (κ1) is 17.4. The zero-order valence-electron chi connectivity index (χ0n) is 12.1. The van der Waals surface area contributed by atoms with E-state index in [-0.39, 0.29) is 26.4 Å². The van der Waals surface area contributed by atoms with Gasteiger partial charge in [0.05, 0.1) is 30.4 Å². The molecule has 6 nitrogen and oxygen atoms in total. The van der Waals surface area contributed by atoms with Gasteiger partial charge in [-0.25, -0.2) is 0 Å². The van der Waals surface area contributed by atoms with E-state index in [9.17, 15) is 15.3 Å². The molecule has 4 N–H and O–H groups in total. The Morgan fingerprint density at radius 2 is 1.90 bits per heavy atom. The number of β-amino-alcohol motifs (C(OH)–C–C–N with tert-alkyl or cyclic N) is 1. The number of aliphatic hydroxyl groups excluding tert-OH is 3. The SMILES string of the molecule is CCC(CO)(CO)NCC(O)COc1ccc(C#N)cc1. The molecule has 1 atom stereocenters. The van der Waals surface area contributed by atoms with Gasteiger partial charge >= 0.3 is 0 Å². The lowest BCUT2D eigenvalue weighted by atomic mass is 9.98. The zero-order chi connectivity index (χ0) is 15.7. The molecule has 21 heavy (non-hydrogen) atoms. The van der Waals surface area contributed by atoms with Crippen molar-refractivity contribution in [2.75, 3.05) is 26.4 Å². The Labute approximate surface area is 124 Å². The smallest absolute Gasteiger partial charge is 0.119 e. The summed E-state index contributed by atoms with van der Waals surface area (Å²) in [6, 6.07) is 8.62. The van der Waals surface area contributed by atoms with Gasteiger partial charge in [0.15, 0.2) is 0 Å². The van der Waals surface area contributed by atoms with Crippen LogP contribution in [0.2, 0.25) is 0 Å². The topological polar surface area (TPSA) is 106 Å². The highest BCUT2D eigenvalue weighted by Gasteiger charge is 2.26. The molecule has 0 fully saturated rings. The van der Waals surface area contributed by atoms with Crippen LogP contribution in [0.3, 0.4) is 0 Å². The Balaban J connectivity index is 2.40. The van der Waals surface area contributed by atoms with Gasteiger partial charge in [-0.05, 0) is 30.7 Å². The second-order valence-electron chi connectivity index (χ2n) is 4.93. The number of nitriles is 1. The minimum absolute atomic E-state index is 0.0789. The van der Waals surface area contributed by atoms with Crippen LogP contribution in [0, 0.1) is 11.3 Å². The quantitative estimate of drug-likeness (QED) is 0.512. The van der Waals surface area contributed by atoms with Crippen LogP contribution < -0.4 is 10.1 Å². The molecule has 1 rings (SSSR count). The third-order valence-electron chi connectivity index (χ3n) is 3.42. The molecule has 1 aromatic rings. The van der Waals surface area contributed by atoms with Crippen LogP contribution in [0.5, 0.6) is 5.75 Å². The molecule has 1 aromatic carbocycles. The van der Waals surface area contributed by atoms with Crippen LogP contribution >= 0.6 is 0 Å². The fourth-order valence-corrected chi connectivity index (χ4v) is 1.72. The summed E-state index contributed by atoms with van der Waals surface area (Å²) in [5.41, 5.74) is -0.238.